The number of fused-ring (bicyclic) bond motifs is 2. The number of nitrogens with two attached hydrogens (primary N) is 1. The van der Waals surface area contributed by atoms with Crippen LogP contribution in [0.4, 0.5) is 5.95 Å². The lowest BCUT2D eigenvalue weighted by atomic mass is 10.1. The average molecular weight is 439 g/mol. The molecule has 0 aliphatic rings. The Bertz CT molecular complexity index is 1500. The number of para-hydroxylation sites is 1. The summed E-state index contributed by atoms with van der Waals surface area (Å²) in [7, 11) is -3.84. The van der Waals surface area contributed by atoms with E-state index in [1.54, 1.807) is 24.4 Å². The predicted molar refractivity (Wildman–Crippen MR) is 122 cm³/mol. The van der Waals surface area contributed by atoms with Crippen LogP contribution in [0, 0.1) is 6.92 Å². The molecule has 0 aliphatic carbocycles. The Kier molecular flexibility index (Phi) is 4.80. The van der Waals surface area contributed by atoms with Crippen LogP contribution in [-0.4, -0.2) is 22.4 Å². The Morgan fingerprint density at radius 3 is 2.33 bits per heavy atom. The second-order valence-electron chi connectivity index (χ2n) is 6.93. The van der Waals surface area contributed by atoms with Gasteiger partial charge in [0.25, 0.3) is 10.0 Å². The number of anilines is 1. The van der Waals surface area contributed by atoms with Crippen LogP contribution in [0.3, 0.4) is 0 Å². The van der Waals surface area contributed by atoms with Gasteiger partial charge in [0.05, 0.1) is 16.1 Å². The largest absolute Gasteiger partial charge is 0.369 e. The topological polar surface area (TPSA) is 93.8 Å². The number of nitrogens with zero attached hydrogens (tertiary/aromatic N) is 2. The minimum Gasteiger partial charge on any atom is -0.369 e. The van der Waals surface area contributed by atoms with E-state index in [2.05, 4.69) is 9.97 Å². The highest BCUT2D eigenvalue weighted by Gasteiger charge is 2.24. The van der Waals surface area contributed by atoms with Crippen molar-refractivity contribution in [2.75, 3.05) is 5.73 Å². The van der Waals surface area contributed by atoms with E-state index in [0.29, 0.717) is 22.5 Å². The monoisotopic (exact) mass is 438 g/mol. The van der Waals surface area contributed by atoms with E-state index in [-0.39, 0.29) is 17.3 Å². The first-order valence-electron chi connectivity index (χ1n) is 9.13. The van der Waals surface area contributed by atoms with Crippen molar-refractivity contribution in [3.63, 3.8) is 0 Å². The Morgan fingerprint density at radius 1 is 0.933 bits per heavy atom. The van der Waals surface area contributed by atoms with E-state index >= 15 is 0 Å². The number of hydrogen-bond acceptors (Lipinski definition) is 4. The van der Waals surface area contributed by atoms with Gasteiger partial charge in [0, 0.05) is 28.2 Å². The summed E-state index contributed by atoms with van der Waals surface area (Å²) in [6, 6.07) is 20.2. The van der Waals surface area contributed by atoms with Crippen molar-refractivity contribution in [1.29, 1.82) is 0 Å². The van der Waals surface area contributed by atoms with Gasteiger partial charge in [-0.25, -0.2) is 17.4 Å². The van der Waals surface area contributed by atoms with Gasteiger partial charge in [0.15, 0.2) is 5.95 Å². The molecule has 2 heterocycles. The van der Waals surface area contributed by atoms with E-state index in [4.69, 9.17) is 5.73 Å². The smallest absolute Gasteiger partial charge is 0.268 e. The number of imidazole rings is 1. The number of aryl methyl sites for hydroxylation is 1. The molecule has 3 N–H and O–H groups in total. The van der Waals surface area contributed by atoms with Gasteiger partial charge in [0.1, 0.15) is 0 Å². The summed E-state index contributed by atoms with van der Waals surface area (Å²) in [5.74, 6) is 0.297. The molecule has 0 radical (unpaired) electrons. The van der Waals surface area contributed by atoms with Crippen molar-refractivity contribution in [3.8, 4) is 11.3 Å². The molecule has 0 aliphatic heterocycles. The average Bonchev–Trinajstić information content (AvgIpc) is 3.27. The van der Waals surface area contributed by atoms with Gasteiger partial charge in [-0.3, -0.25) is 0 Å². The molecule has 0 bridgehead atoms. The maximum Gasteiger partial charge on any atom is 0.268 e. The third-order valence-corrected chi connectivity index (χ3v) is 6.85. The Balaban J connectivity index is 0.00000218. The third-order valence-electron chi connectivity index (χ3n) is 5.12. The first-order valence-corrected chi connectivity index (χ1v) is 10.6. The molecule has 30 heavy (non-hydrogen) atoms. The number of benzene rings is 3. The van der Waals surface area contributed by atoms with Gasteiger partial charge in [-0.05, 0) is 24.4 Å². The SMILES string of the molecule is Cc1[nH]c(N)nc1-c1cn(S(=O)(=O)c2cccc3ccccc23)c2ccccc12.Cl. The fourth-order valence-corrected chi connectivity index (χ4v) is 5.40. The van der Waals surface area contributed by atoms with Crippen LogP contribution in [0.25, 0.3) is 32.9 Å². The molecule has 8 heteroatoms. The quantitative estimate of drug-likeness (QED) is 0.425. The number of aromatic nitrogens is 3. The van der Waals surface area contributed by atoms with Crippen LogP contribution in [0.1, 0.15) is 5.69 Å². The summed E-state index contributed by atoms with van der Waals surface area (Å²) >= 11 is 0. The van der Waals surface area contributed by atoms with Gasteiger partial charge in [-0.2, -0.15) is 0 Å². The van der Waals surface area contributed by atoms with Gasteiger partial charge in [0.2, 0.25) is 0 Å². The zero-order chi connectivity index (χ0) is 20.2. The lowest BCUT2D eigenvalue weighted by Crippen LogP contribution is -2.12. The van der Waals surface area contributed by atoms with E-state index in [1.807, 2.05) is 55.5 Å². The molecule has 0 fully saturated rings. The molecule has 0 saturated carbocycles. The summed E-state index contributed by atoms with van der Waals surface area (Å²) in [5, 5.41) is 2.36. The maximum atomic E-state index is 13.7. The van der Waals surface area contributed by atoms with E-state index < -0.39 is 10.0 Å². The normalized spacial score (nSPS) is 11.6. The molecule has 5 aromatic rings. The minimum atomic E-state index is -3.84. The number of aromatic amines is 1. The summed E-state index contributed by atoms with van der Waals surface area (Å²) < 4.78 is 28.8. The molecule has 6 nitrogen and oxygen atoms in total. The highest BCUT2D eigenvalue weighted by molar-refractivity contribution is 7.90. The summed E-state index contributed by atoms with van der Waals surface area (Å²) in [6.07, 6.45) is 1.63. The van der Waals surface area contributed by atoms with Crippen molar-refractivity contribution in [2.45, 2.75) is 11.8 Å². The predicted octanol–water partition coefficient (Wildman–Crippen LogP) is 4.73. The number of hydrogen-bond donors (Lipinski definition) is 2. The molecule has 5 rings (SSSR count). The molecule has 2 aromatic heterocycles. The fourth-order valence-electron chi connectivity index (χ4n) is 3.81. The molecule has 0 spiro atoms. The highest BCUT2D eigenvalue weighted by atomic mass is 35.5. The molecule has 0 amide bonds. The number of rotatable bonds is 3. The fraction of sp³-hybridized carbons (Fsp3) is 0.0455. The molecule has 0 atom stereocenters. The first-order chi connectivity index (χ1) is 14.0. The van der Waals surface area contributed by atoms with Gasteiger partial charge >= 0.3 is 0 Å². The number of halogens is 1. The van der Waals surface area contributed by atoms with Crippen LogP contribution in [0.15, 0.2) is 77.8 Å². The van der Waals surface area contributed by atoms with Crippen molar-refractivity contribution >= 4 is 50.1 Å². The van der Waals surface area contributed by atoms with Gasteiger partial charge < -0.3 is 10.7 Å². The second kappa shape index (κ2) is 7.19. The highest BCUT2D eigenvalue weighted by Crippen LogP contribution is 2.35. The Labute approximate surface area is 179 Å². The molecule has 0 unspecified atom stereocenters. The zero-order valence-electron chi connectivity index (χ0n) is 16.0. The lowest BCUT2D eigenvalue weighted by Gasteiger charge is -2.10. The van der Waals surface area contributed by atoms with Crippen LogP contribution in [0.5, 0.6) is 0 Å². The van der Waals surface area contributed by atoms with Crippen LogP contribution in [-0.2, 0) is 10.0 Å². The van der Waals surface area contributed by atoms with Crippen LogP contribution >= 0.6 is 12.4 Å². The molecular weight excluding hydrogens is 420 g/mol. The summed E-state index contributed by atoms with van der Waals surface area (Å²) in [4.78, 5) is 7.61. The van der Waals surface area contributed by atoms with Crippen molar-refractivity contribution in [2.24, 2.45) is 0 Å². The first kappa shape index (κ1) is 20.0. The van der Waals surface area contributed by atoms with Gasteiger partial charge in [-0.1, -0.05) is 54.6 Å². The zero-order valence-corrected chi connectivity index (χ0v) is 17.7. The molecular formula is C22H19ClN4O2S. The lowest BCUT2D eigenvalue weighted by molar-refractivity contribution is 0.590. The molecule has 0 saturated heterocycles. The minimum absolute atomic E-state index is 0. The number of nitrogens with one attached hydrogen (secondary N) is 1. The van der Waals surface area contributed by atoms with E-state index in [9.17, 15) is 8.42 Å². The van der Waals surface area contributed by atoms with Crippen LogP contribution < -0.4 is 5.73 Å². The molecule has 3 aromatic carbocycles. The maximum absolute atomic E-state index is 13.7. The third kappa shape index (κ3) is 2.94. The Hall–Kier alpha value is -3.29. The molecule has 152 valence electrons. The van der Waals surface area contributed by atoms with Gasteiger partial charge in [-0.15, -0.1) is 12.4 Å². The number of nitrogen functional groups attached to an aromatic ring is 1. The van der Waals surface area contributed by atoms with E-state index in [1.165, 1.54) is 3.97 Å². The van der Waals surface area contributed by atoms with Crippen LogP contribution in [0.2, 0.25) is 0 Å². The van der Waals surface area contributed by atoms with Crippen molar-refractivity contribution in [1.82, 2.24) is 13.9 Å². The summed E-state index contributed by atoms with van der Waals surface area (Å²) in [6.45, 7) is 1.87. The van der Waals surface area contributed by atoms with Crippen molar-refractivity contribution in [3.05, 3.63) is 78.6 Å². The van der Waals surface area contributed by atoms with E-state index in [0.717, 1.165) is 22.0 Å². The summed E-state index contributed by atoms with van der Waals surface area (Å²) in [5.41, 5.74) is 8.56. The van der Waals surface area contributed by atoms with Crippen molar-refractivity contribution < 1.29 is 8.42 Å². The number of H-pyrrole nitrogens is 1. The second-order valence-corrected chi connectivity index (χ2v) is 8.72. The Morgan fingerprint density at radius 2 is 1.60 bits per heavy atom. The standard InChI is InChI=1S/C22H18N4O2S.ClH/c1-14-21(25-22(23)24-14)18-13-26(19-11-5-4-10-17(18)19)29(27,28)20-12-6-8-15-7-2-3-9-16(15)20;/h2-13H,1H3,(H3,23,24,25);1H.